The number of esters is 1. The number of hydrogen-bond acceptors (Lipinski definition) is 5. The predicted molar refractivity (Wildman–Crippen MR) is 130 cm³/mol. The molecule has 0 spiro atoms. The van der Waals surface area contributed by atoms with E-state index in [1.807, 2.05) is 31.7 Å². The van der Waals surface area contributed by atoms with Gasteiger partial charge in [-0.15, -0.1) is 0 Å². The van der Waals surface area contributed by atoms with Gasteiger partial charge in [0, 0.05) is 56.0 Å². The molecule has 1 aromatic rings. The first kappa shape index (κ1) is 25.8. The number of hydrogen-bond donors (Lipinski definition) is 2. The molecular weight excluding hydrogens is 458 g/mol. The highest BCUT2D eigenvalue weighted by Gasteiger charge is 2.39. The predicted octanol–water partition coefficient (Wildman–Crippen LogP) is 2.98. The van der Waals surface area contributed by atoms with Crippen LogP contribution >= 0.6 is 11.6 Å². The average molecular weight is 492 g/mol. The van der Waals surface area contributed by atoms with Gasteiger partial charge in [0.2, 0.25) is 0 Å². The molecule has 1 fully saturated rings. The quantitative estimate of drug-likeness (QED) is 0.597. The third kappa shape index (κ3) is 5.64. The monoisotopic (exact) mass is 491 g/mol. The van der Waals surface area contributed by atoms with Gasteiger partial charge in [-0.2, -0.15) is 0 Å². The largest absolute Gasteiger partial charge is 0.463 e. The molecule has 0 bridgehead atoms. The number of nitrogens with zero attached hydrogens (tertiary/aromatic N) is 3. The van der Waals surface area contributed by atoms with Gasteiger partial charge >= 0.3 is 18.0 Å². The highest BCUT2D eigenvalue weighted by atomic mass is 35.5. The lowest BCUT2D eigenvalue weighted by atomic mass is 9.94. The summed E-state index contributed by atoms with van der Waals surface area (Å²) in [5.74, 6) is -0.489. The van der Waals surface area contributed by atoms with Gasteiger partial charge in [0.1, 0.15) is 0 Å². The molecule has 1 saturated heterocycles. The third-order valence-corrected chi connectivity index (χ3v) is 6.39. The number of amides is 4. The molecule has 0 radical (unpaired) electrons. The fourth-order valence-electron chi connectivity index (χ4n) is 4.36. The van der Waals surface area contributed by atoms with Crippen LogP contribution in [0.5, 0.6) is 0 Å². The molecule has 9 nitrogen and oxygen atoms in total. The second-order valence-electron chi connectivity index (χ2n) is 8.93. The molecule has 2 heterocycles. The molecule has 34 heavy (non-hydrogen) atoms. The Morgan fingerprint density at radius 2 is 1.97 bits per heavy atom. The summed E-state index contributed by atoms with van der Waals surface area (Å²) < 4.78 is 5.39. The van der Waals surface area contributed by atoms with E-state index in [0.717, 1.165) is 0 Å². The molecule has 0 aliphatic carbocycles. The molecule has 4 amide bonds. The SMILES string of the molecule is CCOC(=O)C1=C(CN2CCN(C(=O)NC(C)C)[C@H](C)C2)N(C)C(=O)N[C@@H]1c1ccccc1Cl. The maximum Gasteiger partial charge on any atom is 0.338 e. The van der Waals surface area contributed by atoms with Crippen molar-refractivity contribution in [3.8, 4) is 0 Å². The Labute approximate surface area is 206 Å². The van der Waals surface area contributed by atoms with Crippen LogP contribution in [0.15, 0.2) is 35.5 Å². The summed E-state index contributed by atoms with van der Waals surface area (Å²) in [5.41, 5.74) is 1.57. The number of benzene rings is 1. The van der Waals surface area contributed by atoms with Crippen LogP contribution in [0.2, 0.25) is 5.02 Å². The van der Waals surface area contributed by atoms with Gasteiger partial charge in [-0.05, 0) is 39.3 Å². The molecule has 1 aromatic carbocycles. The zero-order valence-electron chi connectivity index (χ0n) is 20.4. The van der Waals surface area contributed by atoms with Crippen LogP contribution in [0.4, 0.5) is 9.59 Å². The highest BCUT2D eigenvalue weighted by Crippen LogP contribution is 2.34. The molecular formula is C24H34ClN5O4. The first-order chi connectivity index (χ1) is 16.1. The van der Waals surface area contributed by atoms with Crippen molar-refractivity contribution in [3.05, 3.63) is 46.1 Å². The van der Waals surface area contributed by atoms with E-state index in [1.165, 1.54) is 4.90 Å². The lowest BCUT2D eigenvalue weighted by Gasteiger charge is -2.42. The van der Waals surface area contributed by atoms with Crippen molar-refractivity contribution in [3.63, 3.8) is 0 Å². The third-order valence-electron chi connectivity index (χ3n) is 6.05. The molecule has 3 rings (SSSR count). The van der Waals surface area contributed by atoms with Crippen LogP contribution in [-0.2, 0) is 9.53 Å². The molecule has 2 N–H and O–H groups in total. The van der Waals surface area contributed by atoms with Crippen molar-refractivity contribution in [1.29, 1.82) is 0 Å². The number of urea groups is 2. The van der Waals surface area contributed by atoms with Crippen molar-refractivity contribution < 1.29 is 19.1 Å². The molecule has 2 aliphatic rings. The number of halogens is 1. The van der Waals surface area contributed by atoms with Crippen LogP contribution in [0.3, 0.4) is 0 Å². The molecule has 2 aliphatic heterocycles. The normalized spacial score (nSPS) is 21.6. The van der Waals surface area contributed by atoms with Gasteiger partial charge in [-0.25, -0.2) is 14.4 Å². The summed E-state index contributed by atoms with van der Waals surface area (Å²) in [4.78, 5) is 43.9. The van der Waals surface area contributed by atoms with E-state index < -0.39 is 12.0 Å². The molecule has 0 unspecified atom stereocenters. The van der Waals surface area contributed by atoms with Crippen LogP contribution < -0.4 is 10.6 Å². The van der Waals surface area contributed by atoms with E-state index >= 15 is 0 Å². The maximum atomic E-state index is 13.1. The fourth-order valence-corrected chi connectivity index (χ4v) is 4.61. The average Bonchev–Trinajstić information content (AvgIpc) is 2.76. The van der Waals surface area contributed by atoms with Gasteiger partial charge in [0.15, 0.2) is 0 Å². The van der Waals surface area contributed by atoms with Gasteiger partial charge in [-0.1, -0.05) is 29.8 Å². The Balaban J connectivity index is 1.91. The molecule has 10 heteroatoms. The Hall–Kier alpha value is -2.78. The highest BCUT2D eigenvalue weighted by molar-refractivity contribution is 6.31. The molecule has 2 atom stereocenters. The van der Waals surface area contributed by atoms with Crippen molar-refractivity contribution in [2.24, 2.45) is 0 Å². The summed E-state index contributed by atoms with van der Waals surface area (Å²) in [5, 5.41) is 6.29. The van der Waals surface area contributed by atoms with Crippen molar-refractivity contribution in [2.45, 2.75) is 45.8 Å². The Kier molecular flexibility index (Phi) is 8.43. The van der Waals surface area contributed by atoms with Crippen molar-refractivity contribution >= 4 is 29.6 Å². The van der Waals surface area contributed by atoms with Crippen LogP contribution in [-0.4, -0.2) is 84.6 Å². The summed E-state index contributed by atoms with van der Waals surface area (Å²) >= 11 is 6.44. The van der Waals surface area contributed by atoms with Crippen molar-refractivity contribution in [2.75, 3.05) is 39.8 Å². The number of nitrogens with one attached hydrogen (secondary N) is 2. The number of likely N-dealkylation sites (N-methyl/N-ethyl adjacent to an activating group) is 1. The number of ether oxygens (including phenoxy) is 1. The minimum absolute atomic E-state index is 0.0266. The summed E-state index contributed by atoms with van der Waals surface area (Å²) in [6.07, 6.45) is 0. The minimum Gasteiger partial charge on any atom is -0.463 e. The van der Waals surface area contributed by atoms with Gasteiger partial charge in [0.05, 0.1) is 18.2 Å². The zero-order chi connectivity index (χ0) is 25.0. The number of rotatable bonds is 6. The first-order valence-electron chi connectivity index (χ1n) is 11.6. The Morgan fingerprint density at radius 1 is 1.26 bits per heavy atom. The number of piperazine rings is 1. The van der Waals surface area contributed by atoms with E-state index in [0.29, 0.717) is 48.0 Å². The van der Waals surface area contributed by atoms with E-state index in [-0.39, 0.29) is 30.8 Å². The van der Waals surface area contributed by atoms with E-state index in [9.17, 15) is 14.4 Å². The summed E-state index contributed by atoms with van der Waals surface area (Å²) in [6.45, 7) is 9.95. The lowest BCUT2D eigenvalue weighted by Crippen LogP contribution is -2.58. The van der Waals surface area contributed by atoms with Gasteiger partial charge < -0.3 is 20.3 Å². The summed E-state index contributed by atoms with van der Waals surface area (Å²) in [7, 11) is 1.64. The number of carbonyl (C=O) groups is 3. The second kappa shape index (κ2) is 11.1. The maximum absolute atomic E-state index is 13.1. The standard InChI is InChI=1S/C24H34ClN5O4/c1-6-34-22(31)20-19(14-29-11-12-30(16(4)13-29)24(33)26-15(2)3)28(5)23(32)27-21(20)17-9-7-8-10-18(17)25/h7-10,15-16,21H,6,11-14H2,1-5H3,(H,26,33)(H,27,32)/t16-,21-/m1/s1. The van der Waals surface area contributed by atoms with Gasteiger partial charge in [0.25, 0.3) is 0 Å². The Bertz CT molecular complexity index is 966. The topological polar surface area (TPSA) is 94.2 Å². The number of carbonyl (C=O) groups excluding carboxylic acids is 3. The van der Waals surface area contributed by atoms with Crippen molar-refractivity contribution in [1.82, 2.24) is 25.3 Å². The lowest BCUT2D eigenvalue weighted by molar-refractivity contribution is -0.139. The molecule has 0 aromatic heterocycles. The zero-order valence-corrected chi connectivity index (χ0v) is 21.2. The van der Waals surface area contributed by atoms with Crippen LogP contribution in [0, 0.1) is 0 Å². The minimum atomic E-state index is -0.720. The first-order valence-corrected chi connectivity index (χ1v) is 12.0. The Morgan fingerprint density at radius 3 is 2.59 bits per heavy atom. The van der Waals surface area contributed by atoms with Crippen LogP contribution in [0.1, 0.15) is 39.3 Å². The summed E-state index contributed by atoms with van der Waals surface area (Å²) in [6, 6.07) is 6.05. The molecule has 186 valence electrons. The van der Waals surface area contributed by atoms with E-state index in [1.54, 1.807) is 32.2 Å². The molecule has 0 saturated carbocycles. The van der Waals surface area contributed by atoms with Crippen LogP contribution in [0.25, 0.3) is 0 Å². The second-order valence-corrected chi connectivity index (χ2v) is 9.33. The van der Waals surface area contributed by atoms with E-state index in [2.05, 4.69) is 15.5 Å². The smallest absolute Gasteiger partial charge is 0.338 e. The van der Waals surface area contributed by atoms with Gasteiger partial charge in [-0.3, -0.25) is 9.80 Å². The fraction of sp³-hybridized carbons (Fsp3) is 0.542. The van der Waals surface area contributed by atoms with E-state index in [4.69, 9.17) is 16.3 Å².